The van der Waals surface area contributed by atoms with E-state index in [-0.39, 0.29) is 17.9 Å². The predicted octanol–water partition coefficient (Wildman–Crippen LogP) is 3.16. The number of nitrogens with zero attached hydrogens (tertiary/aromatic N) is 1. The van der Waals surface area contributed by atoms with Crippen LogP contribution in [0.2, 0.25) is 0 Å². The van der Waals surface area contributed by atoms with E-state index < -0.39 is 0 Å². The van der Waals surface area contributed by atoms with Crippen molar-refractivity contribution in [1.29, 1.82) is 0 Å². The monoisotopic (exact) mass is 339 g/mol. The van der Waals surface area contributed by atoms with E-state index >= 15 is 0 Å². The molecule has 2 atom stereocenters. The molecule has 0 bridgehead atoms. The van der Waals surface area contributed by atoms with Crippen molar-refractivity contribution in [2.24, 2.45) is 0 Å². The molecule has 0 aliphatic carbocycles. The number of methoxy groups -OCH3 is 3. The molecule has 0 saturated carbocycles. The van der Waals surface area contributed by atoms with Gasteiger partial charge in [-0.1, -0.05) is 18.2 Å². The van der Waals surface area contributed by atoms with Crippen molar-refractivity contribution < 1.29 is 19.0 Å². The van der Waals surface area contributed by atoms with E-state index in [1.807, 2.05) is 35.2 Å². The fourth-order valence-corrected chi connectivity index (χ4v) is 4.13. The van der Waals surface area contributed by atoms with Crippen LogP contribution in [0, 0.1) is 0 Å². The first-order chi connectivity index (χ1) is 12.2. The van der Waals surface area contributed by atoms with Gasteiger partial charge in [0, 0.05) is 24.1 Å². The van der Waals surface area contributed by atoms with Gasteiger partial charge in [-0.3, -0.25) is 4.79 Å². The van der Waals surface area contributed by atoms with Crippen LogP contribution in [-0.4, -0.2) is 33.3 Å². The Morgan fingerprint density at radius 3 is 2.28 bits per heavy atom. The second-order valence-electron chi connectivity index (χ2n) is 6.43. The lowest BCUT2D eigenvalue weighted by Crippen LogP contribution is -2.31. The molecule has 4 rings (SSSR count). The summed E-state index contributed by atoms with van der Waals surface area (Å²) in [7, 11) is 4.81. The number of para-hydroxylation sites is 1. The molecule has 2 aromatic carbocycles. The standard InChI is InChI=1S/C20H21NO4/c1-23-17-9-13(10-18(24-2)20(17)25-3)14-11-19(22)21-15-7-5-4-6-12(15)8-16(14)21/h4-7,9-10,14,16H,8,11H2,1-3H3/t14-,16-/m1/s1. The van der Waals surface area contributed by atoms with Crippen molar-refractivity contribution in [1.82, 2.24) is 0 Å². The zero-order valence-corrected chi connectivity index (χ0v) is 14.6. The molecule has 1 amide bonds. The molecule has 2 heterocycles. The molecule has 0 spiro atoms. The van der Waals surface area contributed by atoms with Crippen LogP contribution in [0.3, 0.4) is 0 Å². The number of anilines is 1. The average Bonchev–Trinajstić information content (AvgIpc) is 3.18. The fraction of sp³-hybridized carbons (Fsp3) is 0.350. The summed E-state index contributed by atoms with van der Waals surface area (Å²) < 4.78 is 16.4. The van der Waals surface area contributed by atoms with Crippen LogP contribution in [0.15, 0.2) is 36.4 Å². The van der Waals surface area contributed by atoms with Crippen LogP contribution < -0.4 is 19.1 Å². The molecule has 0 N–H and O–H groups in total. The normalized spacial score (nSPS) is 21.1. The Morgan fingerprint density at radius 2 is 1.64 bits per heavy atom. The number of benzene rings is 2. The molecule has 5 heteroatoms. The summed E-state index contributed by atoms with van der Waals surface area (Å²) in [5.41, 5.74) is 3.33. The van der Waals surface area contributed by atoms with E-state index in [2.05, 4.69) is 6.07 Å². The van der Waals surface area contributed by atoms with E-state index in [0.717, 1.165) is 17.7 Å². The maximum Gasteiger partial charge on any atom is 0.227 e. The number of fused-ring (bicyclic) bond motifs is 3. The highest BCUT2D eigenvalue weighted by Crippen LogP contribution is 2.48. The molecule has 25 heavy (non-hydrogen) atoms. The van der Waals surface area contributed by atoms with Gasteiger partial charge in [0.1, 0.15) is 0 Å². The molecular weight excluding hydrogens is 318 g/mol. The Labute approximate surface area is 147 Å². The van der Waals surface area contributed by atoms with Crippen LogP contribution in [0.4, 0.5) is 5.69 Å². The van der Waals surface area contributed by atoms with Crippen LogP contribution in [0.1, 0.15) is 23.5 Å². The Hall–Kier alpha value is -2.69. The SMILES string of the molecule is COc1cc([C@H]2CC(=O)N3c4ccccc4C[C@H]23)cc(OC)c1OC. The van der Waals surface area contributed by atoms with Gasteiger partial charge in [-0.2, -0.15) is 0 Å². The van der Waals surface area contributed by atoms with Crippen LogP contribution >= 0.6 is 0 Å². The molecule has 0 radical (unpaired) electrons. The molecule has 0 aromatic heterocycles. The van der Waals surface area contributed by atoms with Gasteiger partial charge in [0.05, 0.1) is 21.3 Å². The van der Waals surface area contributed by atoms with E-state index in [1.165, 1.54) is 5.56 Å². The summed E-state index contributed by atoms with van der Waals surface area (Å²) >= 11 is 0. The second kappa shape index (κ2) is 5.99. The Morgan fingerprint density at radius 1 is 0.960 bits per heavy atom. The van der Waals surface area contributed by atoms with Gasteiger partial charge in [-0.15, -0.1) is 0 Å². The molecule has 5 nitrogen and oxygen atoms in total. The van der Waals surface area contributed by atoms with Gasteiger partial charge in [0.15, 0.2) is 11.5 Å². The number of rotatable bonds is 4. The van der Waals surface area contributed by atoms with Crippen molar-refractivity contribution in [2.45, 2.75) is 24.8 Å². The number of hydrogen-bond donors (Lipinski definition) is 0. The number of carbonyl (C=O) groups excluding carboxylic acids is 1. The molecular formula is C20H21NO4. The second-order valence-corrected chi connectivity index (χ2v) is 6.43. The molecule has 1 saturated heterocycles. The maximum atomic E-state index is 12.7. The zero-order chi connectivity index (χ0) is 17.6. The van der Waals surface area contributed by atoms with Crippen molar-refractivity contribution in [3.63, 3.8) is 0 Å². The Kier molecular flexibility index (Phi) is 3.79. The number of hydrogen-bond acceptors (Lipinski definition) is 4. The first-order valence-corrected chi connectivity index (χ1v) is 8.37. The lowest BCUT2D eigenvalue weighted by Gasteiger charge is -2.22. The summed E-state index contributed by atoms with van der Waals surface area (Å²) in [4.78, 5) is 14.6. The summed E-state index contributed by atoms with van der Waals surface area (Å²) in [6, 6.07) is 12.2. The van der Waals surface area contributed by atoms with Gasteiger partial charge < -0.3 is 19.1 Å². The Balaban J connectivity index is 1.76. The van der Waals surface area contributed by atoms with Gasteiger partial charge >= 0.3 is 0 Å². The van der Waals surface area contributed by atoms with Gasteiger partial charge in [0.25, 0.3) is 0 Å². The topological polar surface area (TPSA) is 48.0 Å². The van der Waals surface area contributed by atoms with Crippen molar-refractivity contribution >= 4 is 11.6 Å². The first kappa shape index (κ1) is 15.8. The molecule has 1 fully saturated rings. The third-order valence-corrected chi connectivity index (χ3v) is 5.25. The summed E-state index contributed by atoms with van der Waals surface area (Å²) in [5.74, 6) is 2.10. The lowest BCUT2D eigenvalue weighted by molar-refractivity contribution is -0.117. The van der Waals surface area contributed by atoms with E-state index in [9.17, 15) is 4.79 Å². The van der Waals surface area contributed by atoms with Crippen molar-refractivity contribution in [3.8, 4) is 17.2 Å². The quantitative estimate of drug-likeness (QED) is 0.858. The van der Waals surface area contributed by atoms with E-state index in [1.54, 1.807) is 21.3 Å². The van der Waals surface area contributed by atoms with Crippen LogP contribution in [0.25, 0.3) is 0 Å². The van der Waals surface area contributed by atoms with Gasteiger partial charge in [-0.25, -0.2) is 0 Å². The summed E-state index contributed by atoms with van der Waals surface area (Å²) in [6.07, 6.45) is 1.38. The summed E-state index contributed by atoms with van der Waals surface area (Å²) in [6.45, 7) is 0. The minimum atomic E-state index is 0.105. The maximum absolute atomic E-state index is 12.7. The highest BCUT2D eigenvalue weighted by molar-refractivity contribution is 5.99. The van der Waals surface area contributed by atoms with E-state index in [0.29, 0.717) is 23.7 Å². The number of ether oxygens (including phenoxy) is 3. The Bertz CT molecular complexity index is 807. The average molecular weight is 339 g/mol. The molecule has 2 aliphatic heterocycles. The fourth-order valence-electron chi connectivity index (χ4n) is 4.13. The van der Waals surface area contributed by atoms with Crippen molar-refractivity contribution in [3.05, 3.63) is 47.5 Å². The first-order valence-electron chi connectivity index (χ1n) is 8.37. The van der Waals surface area contributed by atoms with Gasteiger partial charge in [-0.05, 0) is 35.7 Å². The zero-order valence-electron chi connectivity index (χ0n) is 14.6. The van der Waals surface area contributed by atoms with Crippen LogP contribution in [0.5, 0.6) is 17.2 Å². The molecule has 2 aromatic rings. The minimum absolute atomic E-state index is 0.105. The highest BCUT2D eigenvalue weighted by atomic mass is 16.5. The molecule has 130 valence electrons. The van der Waals surface area contributed by atoms with Crippen LogP contribution in [-0.2, 0) is 11.2 Å². The molecule has 2 aliphatic rings. The molecule has 0 unspecified atom stereocenters. The number of carbonyl (C=O) groups is 1. The summed E-state index contributed by atoms with van der Waals surface area (Å²) in [5, 5.41) is 0. The largest absolute Gasteiger partial charge is 0.493 e. The lowest BCUT2D eigenvalue weighted by atomic mass is 9.89. The predicted molar refractivity (Wildman–Crippen MR) is 94.9 cm³/mol. The van der Waals surface area contributed by atoms with Crippen molar-refractivity contribution in [2.75, 3.05) is 26.2 Å². The van der Waals surface area contributed by atoms with E-state index in [4.69, 9.17) is 14.2 Å². The van der Waals surface area contributed by atoms with Gasteiger partial charge in [0.2, 0.25) is 11.7 Å². The third kappa shape index (κ3) is 2.34. The smallest absolute Gasteiger partial charge is 0.227 e. The third-order valence-electron chi connectivity index (χ3n) is 5.25. The highest BCUT2D eigenvalue weighted by Gasteiger charge is 2.46. The minimum Gasteiger partial charge on any atom is -0.493 e. The number of amides is 1.